The zero-order valence-corrected chi connectivity index (χ0v) is 12.4. The van der Waals surface area contributed by atoms with Crippen molar-refractivity contribution in [1.29, 1.82) is 0 Å². The summed E-state index contributed by atoms with van der Waals surface area (Å²) in [6.07, 6.45) is 5.64. The van der Waals surface area contributed by atoms with E-state index >= 15 is 0 Å². The summed E-state index contributed by atoms with van der Waals surface area (Å²) in [7, 11) is 1.86. The minimum absolute atomic E-state index is 0.532. The molecule has 0 aliphatic heterocycles. The van der Waals surface area contributed by atoms with Crippen molar-refractivity contribution in [1.82, 2.24) is 24.6 Å². The maximum Gasteiger partial charge on any atom is 0.131 e. The molecule has 6 heteroatoms. The monoisotopic (exact) mass is 281 g/mol. The van der Waals surface area contributed by atoms with Gasteiger partial charge in [-0.3, -0.25) is 4.68 Å². The van der Waals surface area contributed by atoms with E-state index in [1.807, 2.05) is 26.5 Å². The Morgan fingerprint density at radius 1 is 1.47 bits per heavy atom. The van der Waals surface area contributed by atoms with Crippen molar-refractivity contribution in [2.45, 2.75) is 26.9 Å². The average molecular weight is 282 g/mol. The smallest absolute Gasteiger partial charge is 0.131 e. The Morgan fingerprint density at radius 3 is 2.84 bits per heavy atom. The molecule has 1 unspecified atom stereocenters. The van der Waals surface area contributed by atoms with E-state index in [0.717, 1.165) is 30.9 Å². The number of nitrogens with zero attached hydrogens (tertiary/aromatic N) is 4. The van der Waals surface area contributed by atoms with Gasteiger partial charge in [0, 0.05) is 38.1 Å². The van der Waals surface area contributed by atoms with E-state index in [-0.39, 0.29) is 0 Å². The van der Waals surface area contributed by atoms with E-state index in [1.54, 1.807) is 10.9 Å². The van der Waals surface area contributed by atoms with E-state index in [9.17, 15) is 0 Å². The highest BCUT2D eigenvalue weighted by molar-refractivity contribution is 6.30. The van der Waals surface area contributed by atoms with Crippen LogP contribution in [0.25, 0.3) is 0 Å². The van der Waals surface area contributed by atoms with Crippen molar-refractivity contribution in [3.05, 3.63) is 35.1 Å². The number of rotatable bonds is 6. The lowest BCUT2D eigenvalue weighted by atomic mass is 10.1. The summed E-state index contributed by atoms with van der Waals surface area (Å²) in [5, 5.41) is 8.45. The fourth-order valence-electron chi connectivity index (χ4n) is 2.14. The summed E-state index contributed by atoms with van der Waals surface area (Å²) in [5.74, 6) is 0.532. The van der Waals surface area contributed by atoms with Crippen LogP contribution in [0, 0.1) is 12.8 Å². The van der Waals surface area contributed by atoms with E-state index in [1.165, 1.54) is 0 Å². The number of hydrogen-bond donors (Lipinski definition) is 1. The van der Waals surface area contributed by atoms with Crippen molar-refractivity contribution < 1.29 is 0 Å². The van der Waals surface area contributed by atoms with Crippen molar-refractivity contribution in [2.24, 2.45) is 13.0 Å². The van der Waals surface area contributed by atoms with Gasteiger partial charge in [0.2, 0.25) is 0 Å². The fourth-order valence-corrected chi connectivity index (χ4v) is 2.38. The summed E-state index contributed by atoms with van der Waals surface area (Å²) in [5.41, 5.74) is 2.07. The third-order valence-corrected chi connectivity index (χ3v) is 3.62. The zero-order valence-electron chi connectivity index (χ0n) is 11.6. The number of hydrogen-bond acceptors (Lipinski definition) is 3. The van der Waals surface area contributed by atoms with Crippen LogP contribution in [0.5, 0.6) is 0 Å². The van der Waals surface area contributed by atoms with Gasteiger partial charge in [0.1, 0.15) is 5.15 Å². The first-order valence-corrected chi connectivity index (χ1v) is 6.80. The Bertz CT molecular complexity index is 517. The Kier molecular flexibility index (Phi) is 4.61. The molecule has 0 spiro atoms. The van der Waals surface area contributed by atoms with Gasteiger partial charge in [-0.1, -0.05) is 18.5 Å². The lowest BCUT2D eigenvalue weighted by molar-refractivity contribution is 0.445. The summed E-state index contributed by atoms with van der Waals surface area (Å²) in [6.45, 7) is 6.85. The molecule has 0 saturated carbocycles. The highest BCUT2D eigenvalue weighted by Crippen LogP contribution is 2.18. The summed E-state index contributed by atoms with van der Waals surface area (Å²) >= 11 is 6.19. The van der Waals surface area contributed by atoms with Gasteiger partial charge in [-0.2, -0.15) is 5.10 Å². The standard InChI is InChI=1S/C13H20ClN5/c1-10(8-19-5-4-15-9-19)6-16-7-12-11(2)17-18(3)13(12)14/h4-5,9-10,16H,6-8H2,1-3H3. The van der Waals surface area contributed by atoms with Crippen LogP contribution in [-0.4, -0.2) is 25.9 Å². The normalized spacial score (nSPS) is 12.8. The van der Waals surface area contributed by atoms with E-state index in [0.29, 0.717) is 11.1 Å². The average Bonchev–Trinajstić information content (AvgIpc) is 2.93. The highest BCUT2D eigenvalue weighted by atomic mass is 35.5. The maximum atomic E-state index is 6.19. The Morgan fingerprint density at radius 2 is 2.26 bits per heavy atom. The molecule has 1 N–H and O–H groups in total. The van der Waals surface area contributed by atoms with Crippen LogP contribution < -0.4 is 5.32 Å². The van der Waals surface area contributed by atoms with Gasteiger partial charge in [0.25, 0.3) is 0 Å². The molecule has 104 valence electrons. The SMILES string of the molecule is Cc1nn(C)c(Cl)c1CNCC(C)Cn1ccnc1. The van der Waals surface area contributed by atoms with Gasteiger partial charge in [-0.15, -0.1) is 0 Å². The summed E-state index contributed by atoms with van der Waals surface area (Å²) in [6, 6.07) is 0. The number of imidazole rings is 1. The predicted octanol–water partition coefficient (Wildman–Crippen LogP) is 2.00. The van der Waals surface area contributed by atoms with E-state index < -0.39 is 0 Å². The predicted molar refractivity (Wildman–Crippen MR) is 76.1 cm³/mol. The minimum Gasteiger partial charge on any atom is -0.337 e. The van der Waals surface area contributed by atoms with Crippen LogP contribution in [0.15, 0.2) is 18.7 Å². The topological polar surface area (TPSA) is 47.7 Å². The first-order chi connectivity index (χ1) is 9.08. The third kappa shape index (κ3) is 3.58. The van der Waals surface area contributed by atoms with Gasteiger partial charge < -0.3 is 9.88 Å². The van der Waals surface area contributed by atoms with Crippen molar-refractivity contribution in [2.75, 3.05) is 6.54 Å². The molecular formula is C13H20ClN5. The van der Waals surface area contributed by atoms with Crippen molar-refractivity contribution >= 4 is 11.6 Å². The second-order valence-corrected chi connectivity index (χ2v) is 5.33. The first kappa shape index (κ1) is 14.1. The molecule has 0 radical (unpaired) electrons. The lowest BCUT2D eigenvalue weighted by Gasteiger charge is -2.13. The quantitative estimate of drug-likeness (QED) is 0.881. The van der Waals surface area contributed by atoms with Gasteiger partial charge in [-0.25, -0.2) is 4.98 Å². The second kappa shape index (κ2) is 6.21. The lowest BCUT2D eigenvalue weighted by Crippen LogP contribution is -2.23. The number of aryl methyl sites for hydroxylation is 2. The van der Waals surface area contributed by atoms with Crippen LogP contribution in [-0.2, 0) is 20.1 Å². The Labute approximate surface area is 118 Å². The van der Waals surface area contributed by atoms with Crippen LogP contribution >= 0.6 is 11.6 Å². The van der Waals surface area contributed by atoms with Crippen LogP contribution in [0.4, 0.5) is 0 Å². The summed E-state index contributed by atoms with van der Waals surface area (Å²) < 4.78 is 3.80. The largest absolute Gasteiger partial charge is 0.337 e. The molecule has 0 aliphatic carbocycles. The first-order valence-electron chi connectivity index (χ1n) is 6.42. The van der Waals surface area contributed by atoms with E-state index in [2.05, 4.69) is 26.9 Å². The van der Waals surface area contributed by atoms with Gasteiger partial charge >= 0.3 is 0 Å². The molecule has 0 bridgehead atoms. The van der Waals surface area contributed by atoms with Crippen molar-refractivity contribution in [3.8, 4) is 0 Å². The maximum absolute atomic E-state index is 6.19. The minimum atomic E-state index is 0.532. The molecule has 0 fully saturated rings. The fraction of sp³-hybridized carbons (Fsp3) is 0.538. The molecule has 0 amide bonds. The molecule has 1 atom stereocenters. The molecule has 2 heterocycles. The van der Waals surface area contributed by atoms with Crippen LogP contribution in [0.2, 0.25) is 5.15 Å². The number of halogens is 1. The molecule has 0 aliphatic rings. The van der Waals surface area contributed by atoms with Gasteiger partial charge in [0.15, 0.2) is 0 Å². The second-order valence-electron chi connectivity index (χ2n) is 4.97. The van der Waals surface area contributed by atoms with Crippen LogP contribution in [0.3, 0.4) is 0 Å². The molecule has 2 rings (SSSR count). The molecule has 2 aromatic rings. The van der Waals surface area contributed by atoms with Gasteiger partial charge in [0.05, 0.1) is 12.0 Å². The number of aromatic nitrogens is 4. The molecule has 19 heavy (non-hydrogen) atoms. The molecule has 5 nitrogen and oxygen atoms in total. The van der Waals surface area contributed by atoms with E-state index in [4.69, 9.17) is 11.6 Å². The third-order valence-electron chi connectivity index (χ3n) is 3.15. The summed E-state index contributed by atoms with van der Waals surface area (Å²) in [4.78, 5) is 4.04. The number of nitrogens with one attached hydrogen (secondary N) is 1. The van der Waals surface area contributed by atoms with Crippen LogP contribution in [0.1, 0.15) is 18.2 Å². The molecule has 2 aromatic heterocycles. The van der Waals surface area contributed by atoms with Crippen molar-refractivity contribution in [3.63, 3.8) is 0 Å². The zero-order chi connectivity index (χ0) is 13.8. The molecule has 0 saturated heterocycles. The van der Waals surface area contributed by atoms with Gasteiger partial charge in [-0.05, 0) is 19.4 Å². The highest BCUT2D eigenvalue weighted by Gasteiger charge is 2.11. The Balaban J connectivity index is 1.80. The molecule has 0 aromatic carbocycles. The Hall–Kier alpha value is -1.33. The molecular weight excluding hydrogens is 262 g/mol.